The van der Waals surface area contributed by atoms with E-state index >= 15 is 0 Å². The summed E-state index contributed by atoms with van der Waals surface area (Å²) in [6.07, 6.45) is 7.89. The molecule has 0 spiro atoms. The average molecular weight is 481 g/mol. The second-order valence-electron chi connectivity index (χ2n) is 8.47. The van der Waals surface area contributed by atoms with Crippen molar-refractivity contribution in [3.63, 3.8) is 0 Å². The Morgan fingerprint density at radius 1 is 1.18 bits per heavy atom. The van der Waals surface area contributed by atoms with Gasteiger partial charge in [0.15, 0.2) is 0 Å². The number of methoxy groups -OCH3 is 1. The molecular weight excluding hydrogens is 448 g/mol. The van der Waals surface area contributed by atoms with E-state index in [1.807, 2.05) is 19.1 Å². The van der Waals surface area contributed by atoms with Crippen LogP contribution in [-0.4, -0.2) is 41.2 Å². The predicted octanol–water partition coefficient (Wildman–Crippen LogP) is 4.75. The highest BCUT2D eigenvalue weighted by Crippen LogP contribution is 2.27. The maximum atomic E-state index is 12.2. The van der Waals surface area contributed by atoms with Crippen LogP contribution in [0.3, 0.4) is 0 Å². The maximum absolute atomic E-state index is 12.2. The summed E-state index contributed by atoms with van der Waals surface area (Å²) in [5.74, 6) is 1.37. The monoisotopic (exact) mass is 480 g/mol. The molecule has 0 aliphatic carbocycles. The van der Waals surface area contributed by atoms with E-state index in [0.29, 0.717) is 25.3 Å². The van der Waals surface area contributed by atoms with Crippen molar-refractivity contribution in [2.45, 2.75) is 57.8 Å². The van der Waals surface area contributed by atoms with Gasteiger partial charge >= 0.3 is 5.97 Å². The number of thiazole rings is 1. The summed E-state index contributed by atoms with van der Waals surface area (Å²) in [4.78, 5) is 26.2. The number of hydrogen-bond donors (Lipinski definition) is 1. The highest BCUT2D eigenvalue weighted by atomic mass is 32.1. The van der Waals surface area contributed by atoms with Crippen LogP contribution in [0, 0.1) is 0 Å². The number of fused-ring (bicyclic) bond motifs is 1. The molecule has 1 atom stereocenters. The zero-order chi connectivity index (χ0) is 23.8. The third-order valence-corrected chi connectivity index (χ3v) is 6.95. The Hall–Kier alpha value is -3.00. The fraction of sp³-hybridized carbons (Fsp3) is 0.462. The molecule has 0 saturated heterocycles. The predicted molar refractivity (Wildman–Crippen MR) is 134 cm³/mol. The van der Waals surface area contributed by atoms with Gasteiger partial charge in [-0.15, -0.1) is 11.3 Å². The molecule has 0 amide bonds. The van der Waals surface area contributed by atoms with Crippen molar-refractivity contribution in [2.24, 2.45) is 0 Å². The van der Waals surface area contributed by atoms with Crippen LogP contribution in [0.1, 0.15) is 59.6 Å². The molecular formula is C26H32N4O3S. The topological polar surface area (TPSA) is 86.2 Å². The smallest absolute Gasteiger partial charge is 0.306 e. The van der Waals surface area contributed by atoms with Gasteiger partial charge in [-0.25, -0.2) is 15.0 Å². The highest BCUT2D eigenvalue weighted by Gasteiger charge is 2.20. The summed E-state index contributed by atoms with van der Waals surface area (Å²) in [7, 11) is 1.59. The molecule has 1 aliphatic heterocycles. The molecule has 8 heteroatoms. The van der Waals surface area contributed by atoms with Gasteiger partial charge in [-0.3, -0.25) is 4.79 Å². The summed E-state index contributed by atoms with van der Waals surface area (Å²) >= 11 is 1.68. The lowest BCUT2D eigenvalue weighted by Gasteiger charge is -2.17. The van der Waals surface area contributed by atoms with Crippen LogP contribution in [0.2, 0.25) is 0 Å². The van der Waals surface area contributed by atoms with Crippen molar-refractivity contribution in [2.75, 3.05) is 25.6 Å². The zero-order valence-electron chi connectivity index (χ0n) is 19.9. The van der Waals surface area contributed by atoms with Crippen molar-refractivity contribution >= 4 is 23.1 Å². The summed E-state index contributed by atoms with van der Waals surface area (Å²) < 4.78 is 10.4. The second-order valence-corrected chi connectivity index (χ2v) is 9.41. The largest absolute Gasteiger partial charge is 0.481 e. The Morgan fingerprint density at radius 2 is 2.09 bits per heavy atom. The van der Waals surface area contributed by atoms with Gasteiger partial charge in [-0.05, 0) is 62.6 Å². The van der Waals surface area contributed by atoms with Crippen molar-refractivity contribution < 1.29 is 14.3 Å². The third-order valence-electron chi connectivity index (χ3n) is 5.99. The van der Waals surface area contributed by atoms with Crippen molar-refractivity contribution in [1.82, 2.24) is 15.0 Å². The minimum Gasteiger partial charge on any atom is -0.481 e. The number of pyridine rings is 2. The lowest BCUT2D eigenvalue weighted by atomic mass is 9.92. The molecule has 0 fully saturated rings. The minimum absolute atomic E-state index is 0.0420. The first kappa shape index (κ1) is 24.1. The van der Waals surface area contributed by atoms with Gasteiger partial charge in [0.05, 0.1) is 30.8 Å². The summed E-state index contributed by atoms with van der Waals surface area (Å²) in [6.45, 7) is 3.21. The molecule has 0 saturated carbocycles. The molecule has 1 N–H and O–H groups in total. The minimum atomic E-state index is -0.203. The van der Waals surface area contributed by atoms with Gasteiger partial charge < -0.3 is 14.8 Å². The molecule has 3 aromatic heterocycles. The molecule has 0 radical (unpaired) electrons. The third kappa shape index (κ3) is 6.53. The fourth-order valence-corrected chi connectivity index (χ4v) is 5.07. The average Bonchev–Trinajstić information content (AvgIpc) is 3.31. The number of carbonyl (C=O) groups is 1. The van der Waals surface area contributed by atoms with Crippen LogP contribution in [0.15, 0.2) is 35.8 Å². The number of anilines is 1. The number of esters is 1. The lowest BCUT2D eigenvalue weighted by Crippen LogP contribution is -2.14. The Kier molecular flexibility index (Phi) is 8.46. The molecule has 4 heterocycles. The highest BCUT2D eigenvalue weighted by molar-refractivity contribution is 7.09. The fourth-order valence-electron chi connectivity index (χ4n) is 4.22. The first-order valence-corrected chi connectivity index (χ1v) is 12.8. The van der Waals surface area contributed by atoms with Gasteiger partial charge in [-0.1, -0.05) is 12.1 Å². The van der Waals surface area contributed by atoms with Gasteiger partial charge in [0.25, 0.3) is 0 Å². The molecule has 34 heavy (non-hydrogen) atoms. The summed E-state index contributed by atoms with van der Waals surface area (Å²) in [5.41, 5.74) is 4.44. The lowest BCUT2D eigenvalue weighted by molar-refractivity contribution is -0.143. The van der Waals surface area contributed by atoms with Crippen molar-refractivity contribution in [3.05, 3.63) is 63.4 Å². The van der Waals surface area contributed by atoms with Crippen molar-refractivity contribution in [1.29, 1.82) is 0 Å². The van der Waals surface area contributed by atoms with E-state index in [2.05, 4.69) is 27.8 Å². The van der Waals surface area contributed by atoms with Gasteiger partial charge in [0.2, 0.25) is 5.88 Å². The van der Waals surface area contributed by atoms with E-state index in [4.69, 9.17) is 19.4 Å². The van der Waals surface area contributed by atoms with Crippen LogP contribution in [-0.2, 0) is 35.2 Å². The quantitative estimate of drug-likeness (QED) is 0.396. The Balaban J connectivity index is 1.35. The van der Waals surface area contributed by atoms with Crippen molar-refractivity contribution in [3.8, 4) is 5.88 Å². The van der Waals surface area contributed by atoms with Crippen LogP contribution >= 0.6 is 11.3 Å². The van der Waals surface area contributed by atoms with E-state index < -0.39 is 0 Å². The van der Waals surface area contributed by atoms with E-state index in [-0.39, 0.29) is 11.9 Å². The Bertz CT molecular complexity index is 1080. The number of aromatic nitrogens is 3. The number of ether oxygens (including phenoxy) is 2. The zero-order valence-corrected chi connectivity index (χ0v) is 20.7. The maximum Gasteiger partial charge on any atom is 0.306 e. The molecule has 4 rings (SSSR count). The number of nitrogens with zero attached hydrogens (tertiary/aromatic N) is 3. The number of hydrogen-bond acceptors (Lipinski definition) is 8. The molecule has 1 aliphatic rings. The Morgan fingerprint density at radius 3 is 2.88 bits per heavy atom. The first-order chi connectivity index (χ1) is 16.6. The van der Waals surface area contributed by atoms with E-state index in [0.717, 1.165) is 60.0 Å². The van der Waals surface area contributed by atoms with Gasteiger partial charge in [0, 0.05) is 35.8 Å². The van der Waals surface area contributed by atoms with Crippen LogP contribution < -0.4 is 10.1 Å². The first-order valence-electron chi connectivity index (χ1n) is 12.0. The SMILES string of the molecule is CCOC(=O)CC(Cc1csc(CCCc2ccc3c(n2)NCCC3)n1)c1ccc(OC)nc1. The molecule has 0 bridgehead atoms. The molecule has 0 aromatic carbocycles. The molecule has 180 valence electrons. The van der Waals surface area contributed by atoms with E-state index in [9.17, 15) is 4.79 Å². The van der Waals surface area contributed by atoms with Gasteiger partial charge in [-0.2, -0.15) is 0 Å². The normalized spacial score (nSPS) is 13.6. The van der Waals surface area contributed by atoms with Gasteiger partial charge in [0.1, 0.15) is 5.82 Å². The summed E-state index contributed by atoms with van der Waals surface area (Å²) in [5, 5.41) is 6.63. The summed E-state index contributed by atoms with van der Waals surface area (Å²) in [6, 6.07) is 8.15. The second kappa shape index (κ2) is 11.9. The number of rotatable bonds is 11. The van der Waals surface area contributed by atoms with Crippen LogP contribution in [0.25, 0.3) is 0 Å². The number of aryl methyl sites for hydroxylation is 3. The molecule has 3 aromatic rings. The number of nitrogens with one attached hydrogen (secondary N) is 1. The van der Waals surface area contributed by atoms with Crippen LogP contribution in [0.5, 0.6) is 5.88 Å². The molecule has 1 unspecified atom stereocenters. The van der Waals surface area contributed by atoms with E-state index in [1.165, 1.54) is 12.0 Å². The van der Waals surface area contributed by atoms with E-state index in [1.54, 1.807) is 24.6 Å². The number of carbonyl (C=O) groups excluding carboxylic acids is 1. The standard InChI is InChI=1S/C26H32N4O3S/c1-3-33-25(31)15-20(19-10-12-23(32-2)28-16-19)14-22-17-34-24(29-22)8-4-7-21-11-9-18-6-5-13-27-26(18)30-21/h9-12,16-17,20H,3-8,13-15H2,1-2H3,(H,27,30). The molecule has 7 nitrogen and oxygen atoms in total. The van der Waals surface area contributed by atoms with Crippen LogP contribution in [0.4, 0.5) is 5.82 Å². The Labute approximate surface area is 205 Å².